The van der Waals surface area contributed by atoms with E-state index in [1.165, 1.54) is 0 Å². The Kier molecular flexibility index (Phi) is 6.69. The molecule has 114 valence electrons. The SMILES string of the molecule is CCCCCOc1ccc(/C(C#N)=N/OS(C)(=O)=O)cc1. The molecule has 0 fully saturated rings. The fourth-order valence-electron chi connectivity index (χ4n) is 1.49. The summed E-state index contributed by atoms with van der Waals surface area (Å²) in [5, 5.41) is 12.3. The first kappa shape index (κ1) is 17.0. The van der Waals surface area contributed by atoms with Crippen molar-refractivity contribution in [1.29, 1.82) is 5.26 Å². The van der Waals surface area contributed by atoms with Crippen LogP contribution in [-0.2, 0) is 14.4 Å². The zero-order valence-corrected chi connectivity index (χ0v) is 12.9. The number of unbranched alkanes of at least 4 members (excludes halogenated alkanes) is 2. The Morgan fingerprint density at radius 1 is 1.29 bits per heavy atom. The lowest BCUT2D eigenvalue weighted by Crippen LogP contribution is -2.03. The highest BCUT2D eigenvalue weighted by Gasteiger charge is 2.07. The van der Waals surface area contributed by atoms with Crippen molar-refractivity contribution in [3.05, 3.63) is 29.8 Å². The number of nitriles is 1. The van der Waals surface area contributed by atoms with Gasteiger partial charge in [-0.2, -0.15) is 13.7 Å². The molecule has 0 radical (unpaired) electrons. The summed E-state index contributed by atoms with van der Waals surface area (Å²) in [5.74, 6) is 0.691. The molecule has 0 saturated carbocycles. The van der Waals surface area contributed by atoms with Crippen molar-refractivity contribution in [1.82, 2.24) is 0 Å². The molecule has 0 aliphatic rings. The number of ether oxygens (including phenoxy) is 1. The third-order valence-electron chi connectivity index (χ3n) is 2.51. The highest BCUT2D eigenvalue weighted by molar-refractivity contribution is 7.85. The molecule has 0 N–H and O–H groups in total. The molecule has 0 heterocycles. The molecule has 0 spiro atoms. The number of oxime groups is 1. The molecule has 1 aromatic rings. The monoisotopic (exact) mass is 310 g/mol. The van der Waals surface area contributed by atoms with Gasteiger partial charge in [0.05, 0.1) is 12.9 Å². The van der Waals surface area contributed by atoms with Crippen LogP contribution in [0.1, 0.15) is 31.7 Å². The molecule has 0 aromatic heterocycles. The third kappa shape index (κ3) is 6.77. The summed E-state index contributed by atoms with van der Waals surface area (Å²) in [6.07, 6.45) is 4.10. The van der Waals surface area contributed by atoms with E-state index in [0.29, 0.717) is 17.9 Å². The fraction of sp³-hybridized carbons (Fsp3) is 0.429. The minimum absolute atomic E-state index is 0.113. The first-order chi connectivity index (χ1) is 9.96. The van der Waals surface area contributed by atoms with Crippen molar-refractivity contribution in [3.8, 4) is 11.8 Å². The summed E-state index contributed by atoms with van der Waals surface area (Å²) in [6.45, 7) is 2.76. The molecular weight excluding hydrogens is 292 g/mol. The molecule has 0 saturated heterocycles. The molecule has 6 nitrogen and oxygen atoms in total. The Morgan fingerprint density at radius 3 is 2.48 bits per heavy atom. The molecule has 1 rings (SSSR count). The van der Waals surface area contributed by atoms with E-state index in [4.69, 9.17) is 10.00 Å². The molecule has 0 aliphatic carbocycles. The van der Waals surface area contributed by atoms with E-state index in [-0.39, 0.29) is 5.71 Å². The minimum Gasteiger partial charge on any atom is -0.494 e. The van der Waals surface area contributed by atoms with Gasteiger partial charge in [0, 0.05) is 5.56 Å². The van der Waals surface area contributed by atoms with Gasteiger partial charge in [-0.05, 0) is 30.7 Å². The van der Waals surface area contributed by atoms with Crippen LogP contribution in [0.3, 0.4) is 0 Å². The average Bonchev–Trinajstić information content (AvgIpc) is 2.44. The lowest BCUT2D eigenvalue weighted by atomic mass is 10.1. The van der Waals surface area contributed by atoms with Gasteiger partial charge in [0.1, 0.15) is 11.8 Å². The number of hydrogen-bond acceptors (Lipinski definition) is 6. The largest absolute Gasteiger partial charge is 0.494 e. The second-order valence-corrected chi connectivity index (χ2v) is 5.97. The van der Waals surface area contributed by atoms with Crippen LogP contribution in [0.2, 0.25) is 0 Å². The Bertz CT molecular complexity index is 615. The summed E-state index contributed by atoms with van der Waals surface area (Å²) >= 11 is 0. The Morgan fingerprint density at radius 2 is 1.95 bits per heavy atom. The lowest BCUT2D eigenvalue weighted by Gasteiger charge is -2.06. The molecule has 0 unspecified atom stereocenters. The Labute approximate surface area is 125 Å². The maximum Gasteiger partial charge on any atom is 0.325 e. The fourth-order valence-corrected chi connectivity index (χ4v) is 1.70. The first-order valence-corrected chi connectivity index (χ1v) is 8.38. The summed E-state index contributed by atoms with van der Waals surface area (Å²) in [6, 6.07) is 8.45. The van der Waals surface area contributed by atoms with Gasteiger partial charge in [0.15, 0.2) is 5.71 Å². The maximum atomic E-state index is 10.8. The minimum atomic E-state index is -3.73. The summed E-state index contributed by atoms with van der Waals surface area (Å²) in [7, 11) is -3.73. The second kappa shape index (κ2) is 8.27. The van der Waals surface area contributed by atoms with Crippen molar-refractivity contribution >= 4 is 15.8 Å². The summed E-state index contributed by atoms with van der Waals surface area (Å²) < 4.78 is 31.5. The highest BCUT2D eigenvalue weighted by Crippen LogP contribution is 2.14. The van der Waals surface area contributed by atoms with Gasteiger partial charge in [-0.1, -0.05) is 24.9 Å². The number of benzene rings is 1. The van der Waals surface area contributed by atoms with Crippen LogP contribution in [0.4, 0.5) is 0 Å². The van der Waals surface area contributed by atoms with Gasteiger partial charge in [-0.25, -0.2) is 0 Å². The van der Waals surface area contributed by atoms with Crippen LogP contribution in [0.15, 0.2) is 29.4 Å². The van der Waals surface area contributed by atoms with Crippen LogP contribution in [0.5, 0.6) is 5.75 Å². The molecule has 1 aromatic carbocycles. The molecular formula is C14H18N2O4S. The topological polar surface area (TPSA) is 88.8 Å². The summed E-state index contributed by atoms with van der Waals surface area (Å²) in [5.41, 5.74) is 0.347. The van der Waals surface area contributed by atoms with E-state index < -0.39 is 10.1 Å². The van der Waals surface area contributed by atoms with Crippen LogP contribution in [0.25, 0.3) is 0 Å². The van der Waals surface area contributed by atoms with Crippen molar-refractivity contribution in [3.63, 3.8) is 0 Å². The maximum absolute atomic E-state index is 10.8. The van der Waals surface area contributed by atoms with Gasteiger partial charge < -0.3 is 4.74 Å². The normalized spacial score (nSPS) is 11.8. The second-order valence-electron chi connectivity index (χ2n) is 4.41. The van der Waals surface area contributed by atoms with Crippen molar-refractivity contribution < 1.29 is 17.4 Å². The van der Waals surface area contributed by atoms with E-state index in [2.05, 4.69) is 16.4 Å². The molecule has 0 aliphatic heterocycles. The standard InChI is InChI=1S/C14H18N2O4S/c1-3-4-5-10-19-13-8-6-12(7-9-13)14(11-15)16-20-21(2,17)18/h6-9H,3-5,10H2,1-2H3/b16-14+. The zero-order chi connectivity index (χ0) is 15.7. The van der Waals surface area contributed by atoms with Gasteiger partial charge in [0.25, 0.3) is 0 Å². The van der Waals surface area contributed by atoms with E-state index in [1.807, 2.05) is 0 Å². The van der Waals surface area contributed by atoms with E-state index in [0.717, 1.165) is 25.5 Å². The number of rotatable bonds is 8. The van der Waals surface area contributed by atoms with Crippen LogP contribution in [0, 0.1) is 11.3 Å². The van der Waals surface area contributed by atoms with E-state index in [1.54, 1.807) is 30.3 Å². The van der Waals surface area contributed by atoms with Crippen molar-refractivity contribution in [2.75, 3.05) is 12.9 Å². The molecule has 0 atom stereocenters. The Hall–Kier alpha value is -2.07. The average molecular weight is 310 g/mol. The predicted octanol–water partition coefficient (Wildman–Crippen LogP) is 2.46. The van der Waals surface area contributed by atoms with Crippen LogP contribution in [-0.4, -0.2) is 27.0 Å². The van der Waals surface area contributed by atoms with Gasteiger partial charge >= 0.3 is 10.1 Å². The number of nitrogens with zero attached hydrogens (tertiary/aromatic N) is 2. The van der Waals surface area contributed by atoms with Gasteiger partial charge in [0.2, 0.25) is 0 Å². The lowest BCUT2D eigenvalue weighted by molar-refractivity contribution is 0.306. The first-order valence-electron chi connectivity index (χ1n) is 6.56. The van der Waals surface area contributed by atoms with Crippen LogP contribution >= 0.6 is 0 Å². The molecule has 0 amide bonds. The smallest absolute Gasteiger partial charge is 0.325 e. The zero-order valence-electron chi connectivity index (χ0n) is 12.1. The third-order valence-corrected chi connectivity index (χ3v) is 2.86. The van der Waals surface area contributed by atoms with E-state index in [9.17, 15) is 8.42 Å². The van der Waals surface area contributed by atoms with Gasteiger partial charge in [-0.15, -0.1) is 0 Å². The van der Waals surface area contributed by atoms with Crippen molar-refractivity contribution in [2.24, 2.45) is 5.16 Å². The predicted molar refractivity (Wildman–Crippen MR) is 79.5 cm³/mol. The molecule has 21 heavy (non-hydrogen) atoms. The Balaban J connectivity index is 2.69. The highest BCUT2D eigenvalue weighted by atomic mass is 32.2. The van der Waals surface area contributed by atoms with Crippen LogP contribution < -0.4 is 4.74 Å². The quantitative estimate of drug-likeness (QED) is 0.418. The summed E-state index contributed by atoms with van der Waals surface area (Å²) in [4.78, 5) is 0. The number of hydrogen-bond donors (Lipinski definition) is 0. The van der Waals surface area contributed by atoms with Gasteiger partial charge in [-0.3, -0.25) is 4.28 Å². The van der Waals surface area contributed by atoms with E-state index >= 15 is 0 Å². The molecule has 0 bridgehead atoms. The van der Waals surface area contributed by atoms with Crippen molar-refractivity contribution in [2.45, 2.75) is 26.2 Å². The molecule has 7 heteroatoms.